The van der Waals surface area contributed by atoms with Crippen LogP contribution in [0.1, 0.15) is 107 Å². The molecule has 1 N–H and O–H groups in total. The smallest absolute Gasteiger partial charge is 0.410 e. The Kier molecular flexibility index (Phi) is 15.1. The Labute approximate surface area is 348 Å². The normalized spacial score (nSPS) is 36.6. The average molecular weight is 828 g/mol. The average Bonchev–Trinajstić information content (AvgIpc) is 3.79. The summed E-state index contributed by atoms with van der Waals surface area (Å²) in [6.45, 7) is 13.9. The van der Waals surface area contributed by atoms with Crippen LogP contribution in [0.5, 0.6) is 0 Å². The number of ether oxygens (including phenoxy) is 5. The molecule has 15 heteroatoms. The number of nitrogens with zero attached hydrogens (tertiary/aromatic N) is 4. The fourth-order valence-electron chi connectivity index (χ4n) is 9.50. The van der Waals surface area contributed by atoms with Gasteiger partial charge in [-0.15, -0.1) is 0 Å². The minimum Gasteiger partial charge on any atom is -0.455 e. The van der Waals surface area contributed by atoms with Gasteiger partial charge in [0.1, 0.15) is 11.9 Å². The number of alkyl halides is 1. The van der Waals surface area contributed by atoms with Gasteiger partial charge in [-0.05, 0) is 98.2 Å². The van der Waals surface area contributed by atoms with Crippen LogP contribution >= 0.6 is 0 Å². The molecular formula is C44H66FN5O9. The van der Waals surface area contributed by atoms with Gasteiger partial charge in [0.05, 0.1) is 35.9 Å². The number of halogens is 1. The third kappa shape index (κ3) is 10.1. The molecular weight excluding hydrogens is 762 g/mol. The molecule has 2 unspecified atom stereocenters. The number of rotatable bonds is 11. The first kappa shape index (κ1) is 46.3. The van der Waals surface area contributed by atoms with Crippen molar-refractivity contribution in [2.45, 2.75) is 167 Å². The first-order chi connectivity index (χ1) is 27.9. The summed E-state index contributed by atoms with van der Waals surface area (Å²) in [5.74, 6) is -5.35. The molecule has 0 aromatic carbocycles. The summed E-state index contributed by atoms with van der Waals surface area (Å²) in [5.41, 5.74) is -4.29. The summed E-state index contributed by atoms with van der Waals surface area (Å²) >= 11 is 0. The van der Waals surface area contributed by atoms with Gasteiger partial charge in [-0.3, -0.25) is 14.6 Å². The summed E-state index contributed by atoms with van der Waals surface area (Å²) < 4.78 is 50.0. The van der Waals surface area contributed by atoms with Gasteiger partial charge in [0, 0.05) is 68.1 Å². The molecule has 0 spiro atoms. The van der Waals surface area contributed by atoms with Crippen molar-refractivity contribution in [2.75, 3.05) is 20.7 Å². The zero-order valence-corrected chi connectivity index (χ0v) is 36.6. The van der Waals surface area contributed by atoms with Crippen LogP contribution < -0.4 is 5.32 Å². The lowest BCUT2D eigenvalue weighted by atomic mass is 9.73. The van der Waals surface area contributed by atoms with Crippen molar-refractivity contribution in [2.24, 2.45) is 17.8 Å². The second-order valence-corrected chi connectivity index (χ2v) is 17.5. The van der Waals surface area contributed by atoms with Crippen LogP contribution in [-0.4, -0.2) is 117 Å². The molecule has 0 aliphatic carbocycles. The topological polar surface area (TPSA) is 160 Å². The van der Waals surface area contributed by atoms with Crippen molar-refractivity contribution in [3.63, 3.8) is 0 Å². The summed E-state index contributed by atoms with van der Waals surface area (Å²) in [4.78, 5) is 67.0. The number of aryl methyl sites for hydroxylation is 1. The molecule has 0 saturated carbocycles. The lowest BCUT2D eigenvalue weighted by Gasteiger charge is -2.45. The maximum absolute atomic E-state index is 16.9. The lowest BCUT2D eigenvalue weighted by molar-refractivity contribution is -0.250. The Balaban J connectivity index is 1.44. The highest BCUT2D eigenvalue weighted by Crippen LogP contribution is 2.43. The van der Waals surface area contributed by atoms with E-state index in [0.717, 1.165) is 37.4 Å². The molecule has 5 rings (SSSR count). The van der Waals surface area contributed by atoms with E-state index in [9.17, 15) is 19.2 Å². The van der Waals surface area contributed by atoms with Gasteiger partial charge in [0.2, 0.25) is 0 Å². The maximum atomic E-state index is 16.9. The van der Waals surface area contributed by atoms with Crippen molar-refractivity contribution < 1.29 is 47.3 Å². The SMILES string of the molecule is CC[C@H]1OC(=O)[C@@](C)(F)C(=O)[C@H](C)[C@@H](O[C@H]2CCC(NC)CC[C@@H](C)O2)[C@](C)(OC)C[C@@H](C)C(=O)[C@H](C)C2N(CCCCn3cnc(-c4cccnc4)c3)C(=O)O[C@@]21C. The van der Waals surface area contributed by atoms with Crippen LogP contribution in [0.15, 0.2) is 37.1 Å². The number of imidazole rings is 1. The van der Waals surface area contributed by atoms with Gasteiger partial charge in [0.25, 0.3) is 5.67 Å². The lowest BCUT2D eigenvalue weighted by Crippen LogP contribution is -2.60. The van der Waals surface area contributed by atoms with E-state index >= 15 is 4.39 Å². The number of esters is 1. The van der Waals surface area contributed by atoms with E-state index in [-0.39, 0.29) is 37.3 Å². The van der Waals surface area contributed by atoms with Crippen LogP contribution in [0.2, 0.25) is 0 Å². The maximum Gasteiger partial charge on any atom is 0.410 e. The van der Waals surface area contributed by atoms with E-state index < -0.39 is 77.0 Å². The van der Waals surface area contributed by atoms with Gasteiger partial charge in [-0.1, -0.05) is 27.7 Å². The van der Waals surface area contributed by atoms with E-state index in [1.807, 2.05) is 36.9 Å². The Morgan fingerprint density at radius 1 is 1.00 bits per heavy atom. The summed E-state index contributed by atoms with van der Waals surface area (Å²) in [7, 11) is 3.38. The number of hydrogen-bond acceptors (Lipinski definition) is 12. The number of nitrogens with one attached hydrogen (secondary N) is 1. The molecule has 59 heavy (non-hydrogen) atoms. The number of cyclic esters (lactones) is 1. The van der Waals surface area contributed by atoms with Crippen LogP contribution in [0.25, 0.3) is 11.3 Å². The molecule has 0 bridgehead atoms. The van der Waals surface area contributed by atoms with Gasteiger partial charge < -0.3 is 38.5 Å². The van der Waals surface area contributed by atoms with E-state index in [1.165, 1.54) is 14.0 Å². The molecule has 3 aliphatic heterocycles. The van der Waals surface area contributed by atoms with Crippen molar-refractivity contribution in [1.82, 2.24) is 24.8 Å². The third-order valence-electron chi connectivity index (χ3n) is 13.0. The Bertz CT molecular complexity index is 1760. The van der Waals surface area contributed by atoms with E-state index in [4.69, 9.17) is 23.7 Å². The highest BCUT2D eigenvalue weighted by Gasteiger charge is 2.61. The summed E-state index contributed by atoms with van der Waals surface area (Å²) in [6, 6.07) is 3.14. The third-order valence-corrected chi connectivity index (χ3v) is 13.0. The Morgan fingerprint density at radius 3 is 2.37 bits per heavy atom. The largest absolute Gasteiger partial charge is 0.455 e. The number of carbonyl (C=O) groups is 4. The first-order valence-electron chi connectivity index (χ1n) is 21.3. The fourth-order valence-corrected chi connectivity index (χ4v) is 9.50. The summed E-state index contributed by atoms with van der Waals surface area (Å²) in [5, 5.41) is 3.34. The molecule has 3 fully saturated rings. The predicted octanol–water partition coefficient (Wildman–Crippen LogP) is 6.49. The zero-order chi connectivity index (χ0) is 43.3. The first-order valence-corrected chi connectivity index (χ1v) is 21.3. The highest BCUT2D eigenvalue weighted by molar-refractivity contribution is 6.08. The summed E-state index contributed by atoms with van der Waals surface area (Å²) in [6.07, 6.45) is 7.62. The minimum atomic E-state index is -3.11. The quantitative estimate of drug-likeness (QED) is 0.149. The van der Waals surface area contributed by atoms with E-state index in [2.05, 4.69) is 15.3 Å². The number of unbranched alkanes of at least 4 members (excludes halogenated alkanes) is 1. The molecule has 3 saturated heterocycles. The monoisotopic (exact) mass is 827 g/mol. The Hall–Kier alpha value is -3.79. The van der Waals surface area contributed by atoms with Crippen LogP contribution in [-0.2, 0) is 44.6 Å². The number of Topliss-reactive ketones (excluding diaryl/α,β-unsaturated/α-hetero) is 2. The van der Waals surface area contributed by atoms with Crippen LogP contribution in [0.3, 0.4) is 0 Å². The number of ketones is 2. The second kappa shape index (κ2) is 19.3. The molecule has 5 heterocycles. The molecule has 2 aromatic rings. The second-order valence-electron chi connectivity index (χ2n) is 17.5. The number of amides is 1. The van der Waals surface area contributed by atoms with E-state index in [1.54, 1.807) is 58.2 Å². The Morgan fingerprint density at radius 2 is 1.71 bits per heavy atom. The number of fused-ring (bicyclic) bond motifs is 1. The van der Waals surface area contributed by atoms with Gasteiger partial charge in [-0.25, -0.2) is 19.0 Å². The van der Waals surface area contributed by atoms with Crippen molar-refractivity contribution in [3.05, 3.63) is 37.1 Å². The fraction of sp³-hybridized carbons (Fsp3) is 0.727. The molecule has 12 atom stereocenters. The molecule has 1 amide bonds. The van der Waals surface area contributed by atoms with Crippen LogP contribution in [0, 0.1) is 17.8 Å². The van der Waals surface area contributed by atoms with Crippen LogP contribution in [0.4, 0.5) is 9.18 Å². The minimum absolute atomic E-state index is 0.0885. The molecule has 2 aromatic heterocycles. The molecule has 3 aliphatic rings. The van der Waals surface area contributed by atoms with Crippen molar-refractivity contribution in [3.8, 4) is 11.3 Å². The van der Waals surface area contributed by atoms with Crippen molar-refractivity contribution in [1.29, 1.82) is 0 Å². The predicted molar refractivity (Wildman–Crippen MR) is 218 cm³/mol. The van der Waals surface area contributed by atoms with Gasteiger partial charge >= 0.3 is 12.1 Å². The van der Waals surface area contributed by atoms with E-state index in [0.29, 0.717) is 25.8 Å². The molecule has 14 nitrogen and oxygen atoms in total. The van der Waals surface area contributed by atoms with Gasteiger partial charge in [0.15, 0.2) is 17.7 Å². The number of pyridine rings is 1. The number of carbonyl (C=O) groups excluding carboxylic acids is 4. The zero-order valence-electron chi connectivity index (χ0n) is 36.6. The van der Waals surface area contributed by atoms with Gasteiger partial charge in [-0.2, -0.15) is 0 Å². The number of aromatic nitrogens is 3. The number of hydrogen-bond donors (Lipinski definition) is 1. The highest BCUT2D eigenvalue weighted by atomic mass is 19.1. The van der Waals surface area contributed by atoms with Crippen molar-refractivity contribution >= 4 is 23.6 Å². The molecule has 328 valence electrons. The molecule has 0 radical (unpaired) electrons. The number of methoxy groups -OCH3 is 1. The standard InChI is InChI=1S/C44H66FN5O9/c1-11-34-44(8)37(50(41(54)59-44)22-13-12-21-49-25-33(48-26-49)31-15-14-20-47-24-31)29(4)36(51)27(2)23-42(6,55-10)39(30(5)38(52)43(7,45)40(53)57-34)58-35-19-18-32(46-9)17-16-28(3)56-35/h14-15,20,24-30,32,34-35,37,39,46H,11-13,16-19,21-23H2,1-10H3/t27-,28-,29+,30+,32?,34-,35+,37?,39-,42-,43+,44-/m1/s1.